The van der Waals surface area contributed by atoms with Crippen molar-refractivity contribution in [3.8, 4) is 0 Å². The summed E-state index contributed by atoms with van der Waals surface area (Å²) in [6, 6.07) is 10.7. The third kappa shape index (κ3) is 2.27. The number of aromatic nitrogens is 1. The second-order valence-electron chi connectivity index (χ2n) is 4.37. The van der Waals surface area contributed by atoms with Gasteiger partial charge in [-0.25, -0.2) is 0 Å². The van der Waals surface area contributed by atoms with E-state index in [1.54, 1.807) is 0 Å². The zero-order valence-corrected chi connectivity index (χ0v) is 11.5. The van der Waals surface area contributed by atoms with Crippen LogP contribution in [-0.2, 0) is 0 Å². The summed E-state index contributed by atoms with van der Waals surface area (Å²) in [4.78, 5) is 5.00. The minimum Gasteiger partial charge on any atom is -0.253 e. The van der Waals surface area contributed by atoms with E-state index in [1.165, 1.54) is 10.9 Å². The minimum absolute atomic E-state index is 0.489. The highest BCUT2D eigenvalue weighted by Gasteiger charge is 2.11. The highest BCUT2D eigenvalue weighted by atomic mass is 79.9. The number of fused-ring (bicyclic) bond motifs is 1. The predicted molar refractivity (Wildman–Crippen MR) is 73.3 cm³/mol. The molecule has 2 atom stereocenters. The molecule has 2 unspecified atom stereocenters. The highest BCUT2D eigenvalue weighted by molar-refractivity contribution is 9.09. The zero-order chi connectivity index (χ0) is 11.7. The molecule has 0 saturated heterocycles. The molecule has 1 aromatic carbocycles. The van der Waals surface area contributed by atoms with Crippen molar-refractivity contribution in [2.45, 2.75) is 31.5 Å². The summed E-state index contributed by atoms with van der Waals surface area (Å²) >= 11 is 3.64. The van der Waals surface area contributed by atoms with Crippen LogP contribution in [0.5, 0.6) is 0 Å². The summed E-state index contributed by atoms with van der Waals surface area (Å²) in [5, 5.41) is 1.23. The number of alkyl halides is 1. The molecule has 1 aromatic heterocycles. The molecular weight excluding hydrogens is 262 g/mol. The third-order valence-electron chi connectivity index (χ3n) is 3.07. The molecule has 0 fully saturated rings. The lowest BCUT2D eigenvalue weighted by molar-refractivity contribution is 0.763. The van der Waals surface area contributed by atoms with Gasteiger partial charge in [0, 0.05) is 15.9 Å². The molecule has 0 saturated carbocycles. The molecule has 0 amide bonds. The van der Waals surface area contributed by atoms with Gasteiger partial charge in [-0.15, -0.1) is 0 Å². The Morgan fingerprint density at radius 3 is 2.56 bits per heavy atom. The molecule has 0 N–H and O–H groups in total. The van der Waals surface area contributed by atoms with Crippen LogP contribution in [0.3, 0.4) is 0 Å². The van der Waals surface area contributed by atoms with Crippen LogP contribution in [0.15, 0.2) is 30.3 Å². The Hall–Kier alpha value is -0.890. The maximum Gasteiger partial charge on any atom is 0.0705 e. The molecule has 2 aromatic rings. The summed E-state index contributed by atoms with van der Waals surface area (Å²) in [5.41, 5.74) is 3.52. The standard InChI is InChI=1S/C14H16BrN/c1-9-4-5-13-8-12(10(2)11(3)15)6-7-14(13)16-9/h4-8,10-11H,1-3H3. The SMILES string of the molecule is Cc1ccc2cc(C(C)C(C)Br)ccc2n1. The van der Waals surface area contributed by atoms with Gasteiger partial charge in [-0.05, 0) is 36.6 Å². The number of hydrogen-bond acceptors (Lipinski definition) is 1. The first kappa shape index (κ1) is 11.6. The van der Waals surface area contributed by atoms with Crippen molar-refractivity contribution in [3.05, 3.63) is 41.6 Å². The Balaban J connectivity index is 2.48. The smallest absolute Gasteiger partial charge is 0.0705 e. The minimum atomic E-state index is 0.489. The molecule has 0 spiro atoms. The molecule has 1 nitrogen and oxygen atoms in total. The van der Waals surface area contributed by atoms with Crippen LogP contribution in [-0.4, -0.2) is 9.81 Å². The van der Waals surface area contributed by atoms with E-state index in [4.69, 9.17) is 0 Å². The van der Waals surface area contributed by atoms with E-state index < -0.39 is 0 Å². The van der Waals surface area contributed by atoms with Gasteiger partial charge < -0.3 is 0 Å². The Kier molecular flexibility index (Phi) is 3.29. The number of halogens is 1. The number of nitrogens with zero attached hydrogens (tertiary/aromatic N) is 1. The second-order valence-corrected chi connectivity index (χ2v) is 5.82. The van der Waals surface area contributed by atoms with E-state index in [0.717, 1.165) is 11.2 Å². The van der Waals surface area contributed by atoms with E-state index in [9.17, 15) is 0 Å². The zero-order valence-electron chi connectivity index (χ0n) is 9.87. The number of pyridine rings is 1. The van der Waals surface area contributed by atoms with E-state index in [1.807, 2.05) is 6.92 Å². The largest absolute Gasteiger partial charge is 0.253 e. The van der Waals surface area contributed by atoms with E-state index in [-0.39, 0.29) is 0 Å². The van der Waals surface area contributed by atoms with E-state index >= 15 is 0 Å². The number of benzene rings is 1. The van der Waals surface area contributed by atoms with Crippen LogP contribution >= 0.6 is 15.9 Å². The third-order valence-corrected chi connectivity index (χ3v) is 3.86. The van der Waals surface area contributed by atoms with Crippen molar-refractivity contribution >= 4 is 26.8 Å². The van der Waals surface area contributed by atoms with Gasteiger partial charge in [-0.3, -0.25) is 4.98 Å². The summed E-state index contributed by atoms with van der Waals surface area (Å²) in [7, 11) is 0. The molecular formula is C14H16BrN. The lowest BCUT2D eigenvalue weighted by Crippen LogP contribution is -2.04. The van der Waals surface area contributed by atoms with Gasteiger partial charge in [0.05, 0.1) is 5.52 Å². The van der Waals surface area contributed by atoms with Gasteiger partial charge in [0.15, 0.2) is 0 Å². The van der Waals surface area contributed by atoms with Gasteiger partial charge in [0.25, 0.3) is 0 Å². The Morgan fingerprint density at radius 1 is 1.12 bits per heavy atom. The molecule has 0 radical (unpaired) electrons. The molecule has 16 heavy (non-hydrogen) atoms. The molecule has 1 heterocycles. The predicted octanol–water partition coefficient (Wildman–Crippen LogP) is 4.43. The van der Waals surface area contributed by atoms with Crippen molar-refractivity contribution < 1.29 is 0 Å². The van der Waals surface area contributed by atoms with Crippen molar-refractivity contribution in [2.24, 2.45) is 0 Å². The first-order valence-electron chi connectivity index (χ1n) is 5.59. The fourth-order valence-electron chi connectivity index (χ4n) is 1.79. The van der Waals surface area contributed by atoms with Crippen molar-refractivity contribution in [1.82, 2.24) is 4.98 Å². The molecule has 2 rings (SSSR count). The Labute approximate surface area is 105 Å². The van der Waals surface area contributed by atoms with Gasteiger partial charge in [-0.1, -0.05) is 41.9 Å². The quantitative estimate of drug-likeness (QED) is 0.740. The maximum atomic E-state index is 4.51. The average molecular weight is 278 g/mol. The first-order valence-corrected chi connectivity index (χ1v) is 6.51. The average Bonchev–Trinajstić information content (AvgIpc) is 2.27. The summed E-state index contributed by atoms with van der Waals surface area (Å²) in [6.45, 7) is 6.45. The number of hydrogen-bond donors (Lipinski definition) is 0. The van der Waals surface area contributed by atoms with Gasteiger partial charge in [0.2, 0.25) is 0 Å². The normalized spacial score (nSPS) is 15.0. The van der Waals surface area contributed by atoms with E-state index in [0.29, 0.717) is 10.7 Å². The lowest BCUT2D eigenvalue weighted by atomic mass is 9.97. The molecule has 2 heteroatoms. The molecule has 0 aliphatic carbocycles. The summed E-state index contributed by atoms with van der Waals surface area (Å²) in [5.74, 6) is 0.519. The summed E-state index contributed by atoms with van der Waals surface area (Å²) in [6.07, 6.45) is 0. The van der Waals surface area contributed by atoms with Crippen LogP contribution in [0.25, 0.3) is 10.9 Å². The first-order chi connectivity index (χ1) is 7.58. The van der Waals surface area contributed by atoms with Crippen molar-refractivity contribution in [3.63, 3.8) is 0 Å². The lowest BCUT2D eigenvalue weighted by Gasteiger charge is -2.15. The molecule has 0 bridgehead atoms. The monoisotopic (exact) mass is 277 g/mol. The molecule has 84 valence electrons. The van der Waals surface area contributed by atoms with Crippen LogP contribution < -0.4 is 0 Å². The fraction of sp³-hybridized carbons (Fsp3) is 0.357. The Morgan fingerprint density at radius 2 is 1.88 bits per heavy atom. The summed E-state index contributed by atoms with van der Waals surface area (Å²) < 4.78 is 0. The molecule has 0 aliphatic rings. The van der Waals surface area contributed by atoms with Crippen LogP contribution in [0.1, 0.15) is 31.0 Å². The topological polar surface area (TPSA) is 12.9 Å². The van der Waals surface area contributed by atoms with Gasteiger partial charge >= 0.3 is 0 Å². The Bertz CT molecular complexity index is 505. The highest BCUT2D eigenvalue weighted by Crippen LogP contribution is 2.26. The van der Waals surface area contributed by atoms with Crippen LogP contribution in [0.4, 0.5) is 0 Å². The second kappa shape index (κ2) is 4.54. The number of aryl methyl sites for hydroxylation is 1. The van der Waals surface area contributed by atoms with Crippen molar-refractivity contribution in [2.75, 3.05) is 0 Å². The van der Waals surface area contributed by atoms with E-state index in [2.05, 4.69) is 65.1 Å². The van der Waals surface area contributed by atoms with Gasteiger partial charge in [0.1, 0.15) is 0 Å². The maximum absolute atomic E-state index is 4.51. The van der Waals surface area contributed by atoms with Crippen LogP contribution in [0, 0.1) is 6.92 Å². The molecule has 0 aliphatic heterocycles. The number of rotatable bonds is 2. The van der Waals surface area contributed by atoms with Gasteiger partial charge in [-0.2, -0.15) is 0 Å². The fourth-order valence-corrected chi connectivity index (χ4v) is 2.10. The van der Waals surface area contributed by atoms with Crippen molar-refractivity contribution in [1.29, 1.82) is 0 Å². The van der Waals surface area contributed by atoms with Crippen LogP contribution in [0.2, 0.25) is 0 Å².